The van der Waals surface area contributed by atoms with Crippen molar-refractivity contribution in [2.24, 2.45) is 0 Å². The Labute approximate surface area is 61.9 Å². The average molecular weight is 127 g/mol. The van der Waals surface area contributed by atoms with Crippen LogP contribution >= 0.6 is 0 Å². The van der Waals surface area contributed by atoms with Crippen molar-refractivity contribution in [2.45, 2.75) is 6.92 Å². The van der Waals surface area contributed by atoms with Crippen LogP contribution in [0.3, 0.4) is 0 Å². The van der Waals surface area contributed by atoms with Crippen LogP contribution in [0.4, 0.5) is 0 Å². The average Bonchev–Trinajstić information content (AvgIpc) is 1.94. The van der Waals surface area contributed by atoms with E-state index in [2.05, 4.69) is 10.9 Å². The molecule has 0 aromatic carbocycles. The van der Waals surface area contributed by atoms with E-state index in [0.717, 1.165) is 11.3 Å². The van der Waals surface area contributed by atoms with E-state index in [1.807, 2.05) is 6.92 Å². The van der Waals surface area contributed by atoms with Gasteiger partial charge >= 0.3 is 0 Å². The first-order chi connectivity index (χ1) is 4.74. The van der Waals surface area contributed by atoms with Gasteiger partial charge in [0.2, 0.25) is 0 Å². The van der Waals surface area contributed by atoms with Gasteiger partial charge < -0.3 is 0 Å². The summed E-state index contributed by atoms with van der Waals surface area (Å²) in [6.07, 6.45) is 6.77. The van der Waals surface area contributed by atoms with Gasteiger partial charge in [0.1, 0.15) is 7.85 Å². The Hall–Kier alpha value is -1.23. The summed E-state index contributed by atoms with van der Waals surface area (Å²) in [4.78, 5) is 3.98. The van der Waals surface area contributed by atoms with Gasteiger partial charge in [-0.2, -0.15) is 0 Å². The molecule has 0 fully saturated rings. The van der Waals surface area contributed by atoms with Crippen LogP contribution in [0.1, 0.15) is 11.3 Å². The van der Waals surface area contributed by atoms with E-state index in [-0.39, 0.29) is 0 Å². The summed E-state index contributed by atoms with van der Waals surface area (Å²) in [5.74, 6) is 2.49. The lowest BCUT2D eigenvalue weighted by atomic mass is 9.96. The van der Waals surface area contributed by atoms with Gasteiger partial charge in [-0.05, 0) is 6.92 Å². The first kappa shape index (κ1) is 6.89. The van der Waals surface area contributed by atoms with Gasteiger partial charge in [-0.15, -0.1) is 6.42 Å². The number of rotatable bonds is 0. The van der Waals surface area contributed by atoms with Crippen LogP contribution in [0, 0.1) is 19.3 Å². The van der Waals surface area contributed by atoms with Crippen molar-refractivity contribution >= 4 is 13.3 Å². The minimum Gasteiger partial charge on any atom is -0.261 e. The molecule has 1 heterocycles. The van der Waals surface area contributed by atoms with Crippen molar-refractivity contribution in [1.29, 1.82) is 0 Å². The van der Waals surface area contributed by atoms with Crippen LogP contribution in [-0.4, -0.2) is 12.8 Å². The first-order valence-corrected chi connectivity index (χ1v) is 2.93. The third-order valence-corrected chi connectivity index (χ3v) is 1.26. The van der Waals surface area contributed by atoms with Crippen molar-refractivity contribution in [2.75, 3.05) is 0 Å². The summed E-state index contributed by atoms with van der Waals surface area (Å²) in [5, 5.41) is 0. The topological polar surface area (TPSA) is 12.9 Å². The second kappa shape index (κ2) is 2.57. The summed E-state index contributed by atoms with van der Waals surface area (Å²) in [7, 11) is 5.44. The fourth-order valence-corrected chi connectivity index (χ4v) is 0.695. The molecule has 0 N–H and O–H groups in total. The van der Waals surface area contributed by atoms with Gasteiger partial charge in [0.25, 0.3) is 0 Å². The summed E-state index contributed by atoms with van der Waals surface area (Å²) in [5.41, 5.74) is 2.22. The number of aryl methyl sites for hydroxylation is 1. The Morgan fingerprint density at radius 3 is 2.90 bits per heavy atom. The minimum absolute atomic E-state index is 0.610. The van der Waals surface area contributed by atoms with Gasteiger partial charge in [-0.3, -0.25) is 4.98 Å². The highest BCUT2D eigenvalue weighted by Crippen LogP contribution is 1.97. The number of hydrogen-bond donors (Lipinski definition) is 0. The molecule has 46 valence electrons. The summed E-state index contributed by atoms with van der Waals surface area (Å²) in [6, 6.07) is 1.74. The Morgan fingerprint density at radius 2 is 2.40 bits per heavy atom. The number of pyridine rings is 1. The molecule has 2 heteroatoms. The molecule has 0 aliphatic heterocycles. The summed E-state index contributed by atoms with van der Waals surface area (Å²) in [6.45, 7) is 1.86. The lowest BCUT2D eigenvalue weighted by Crippen LogP contribution is -2.05. The van der Waals surface area contributed by atoms with Crippen LogP contribution in [0.5, 0.6) is 0 Å². The Bertz CT molecular complexity index is 286. The van der Waals surface area contributed by atoms with Gasteiger partial charge in [0, 0.05) is 11.8 Å². The van der Waals surface area contributed by atoms with E-state index < -0.39 is 0 Å². The van der Waals surface area contributed by atoms with E-state index >= 15 is 0 Å². The fourth-order valence-electron chi connectivity index (χ4n) is 0.695. The molecule has 0 saturated carbocycles. The lowest BCUT2D eigenvalue weighted by molar-refractivity contribution is 1.20. The van der Waals surface area contributed by atoms with Crippen molar-refractivity contribution in [3.63, 3.8) is 0 Å². The van der Waals surface area contributed by atoms with Crippen LogP contribution in [0.15, 0.2) is 12.3 Å². The Balaban J connectivity index is 3.25. The summed E-state index contributed by atoms with van der Waals surface area (Å²) < 4.78 is 0. The maximum absolute atomic E-state index is 5.44. The molecule has 2 radical (unpaired) electrons. The molecule has 1 aromatic heterocycles. The molecule has 0 aliphatic rings. The maximum Gasteiger partial charge on any atom is 0.116 e. The second-order valence-electron chi connectivity index (χ2n) is 2.05. The minimum atomic E-state index is 0.610. The standard InChI is InChI=1S/C8H6BN/c1-3-7-4-8(9)5-10-6(7)2/h1,4-5H,2H3. The predicted molar refractivity (Wildman–Crippen MR) is 42.3 cm³/mol. The number of aromatic nitrogens is 1. The highest BCUT2D eigenvalue weighted by atomic mass is 14.7. The lowest BCUT2D eigenvalue weighted by Gasteiger charge is -1.97. The maximum atomic E-state index is 5.44. The van der Waals surface area contributed by atoms with E-state index in [4.69, 9.17) is 14.3 Å². The molecule has 1 aromatic rings. The first-order valence-electron chi connectivity index (χ1n) is 2.93. The van der Waals surface area contributed by atoms with Crippen LogP contribution in [-0.2, 0) is 0 Å². The van der Waals surface area contributed by atoms with E-state index in [1.54, 1.807) is 12.3 Å². The normalized spacial score (nSPS) is 8.80. The largest absolute Gasteiger partial charge is 0.261 e. The zero-order valence-electron chi connectivity index (χ0n) is 5.76. The zero-order valence-corrected chi connectivity index (χ0v) is 5.76. The van der Waals surface area contributed by atoms with Gasteiger partial charge in [0.15, 0.2) is 0 Å². The van der Waals surface area contributed by atoms with Gasteiger partial charge in [-0.1, -0.05) is 17.4 Å². The SMILES string of the molecule is [B]c1cnc(C)c(C#C)c1. The van der Waals surface area contributed by atoms with Crippen LogP contribution < -0.4 is 5.46 Å². The molecule has 0 bridgehead atoms. The highest BCUT2D eigenvalue weighted by Gasteiger charge is 1.93. The molecule has 1 nitrogen and oxygen atoms in total. The van der Waals surface area contributed by atoms with Crippen molar-refractivity contribution < 1.29 is 0 Å². The third-order valence-electron chi connectivity index (χ3n) is 1.26. The Kier molecular flexibility index (Phi) is 1.77. The molecule has 0 saturated heterocycles. The second-order valence-corrected chi connectivity index (χ2v) is 2.05. The molecular weight excluding hydrogens is 121 g/mol. The monoisotopic (exact) mass is 127 g/mol. The van der Waals surface area contributed by atoms with Crippen molar-refractivity contribution in [1.82, 2.24) is 4.98 Å². The molecule has 10 heavy (non-hydrogen) atoms. The number of terminal acetylenes is 1. The molecule has 0 atom stereocenters. The van der Waals surface area contributed by atoms with E-state index in [0.29, 0.717) is 5.46 Å². The van der Waals surface area contributed by atoms with E-state index in [1.165, 1.54) is 0 Å². The molecule has 0 amide bonds. The van der Waals surface area contributed by atoms with Crippen LogP contribution in [0.25, 0.3) is 0 Å². The van der Waals surface area contributed by atoms with E-state index in [9.17, 15) is 0 Å². The molecule has 0 spiro atoms. The smallest absolute Gasteiger partial charge is 0.116 e. The Morgan fingerprint density at radius 1 is 1.70 bits per heavy atom. The molecule has 0 unspecified atom stereocenters. The fraction of sp³-hybridized carbons (Fsp3) is 0.125. The molecule has 1 rings (SSSR count). The molecular formula is C8H6BN. The van der Waals surface area contributed by atoms with Crippen molar-refractivity contribution in [3.8, 4) is 12.3 Å². The molecule has 0 aliphatic carbocycles. The van der Waals surface area contributed by atoms with Crippen molar-refractivity contribution in [3.05, 3.63) is 23.5 Å². The number of hydrogen-bond acceptors (Lipinski definition) is 1. The number of nitrogens with zero attached hydrogens (tertiary/aromatic N) is 1. The highest BCUT2D eigenvalue weighted by molar-refractivity contribution is 6.32. The van der Waals surface area contributed by atoms with Gasteiger partial charge in [0.05, 0.1) is 5.69 Å². The van der Waals surface area contributed by atoms with Crippen LogP contribution in [0.2, 0.25) is 0 Å². The predicted octanol–water partition coefficient (Wildman–Crippen LogP) is 0.165. The zero-order chi connectivity index (χ0) is 7.56. The van der Waals surface area contributed by atoms with Gasteiger partial charge in [-0.25, -0.2) is 0 Å². The summed E-state index contributed by atoms with van der Waals surface area (Å²) >= 11 is 0. The quantitative estimate of drug-likeness (QED) is 0.357. The third kappa shape index (κ3) is 1.19.